The van der Waals surface area contributed by atoms with E-state index in [1.54, 1.807) is 0 Å². The number of carbonyl (C=O) groups excluding carboxylic acids is 1. The van der Waals surface area contributed by atoms with E-state index in [0.717, 1.165) is 51.5 Å². The molecule has 1 unspecified atom stereocenters. The minimum absolute atomic E-state index is 0.384. The van der Waals surface area contributed by atoms with Crippen molar-refractivity contribution in [1.29, 1.82) is 0 Å². The molecule has 0 aromatic rings. The van der Waals surface area contributed by atoms with Gasteiger partial charge < -0.3 is 21.1 Å². The Morgan fingerprint density at radius 3 is 1.30 bits per heavy atom. The lowest BCUT2D eigenvalue weighted by Gasteiger charge is -2.22. The molecule has 0 bridgehead atoms. The van der Waals surface area contributed by atoms with Gasteiger partial charge in [0, 0.05) is 0 Å². The second kappa shape index (κ2) is 28.5. The number of nitrogens with two attached hydrogens (primary N) is 1. The third-order valence-electron chi connectivity index (χ3n) is 7.89. The summed E-state index contributed by atoms with van der Waals surface area (Å²) in [5, 5.41) is 30.5. The molecule has 0 saturated heterocycles. The van der Waals surface area contributed by atoms with Crippen molar-refractivity contribution in [1.82, 2.24) is 0 Å². The SMILES string of the molecule is CCCCCCCCCCCC[C@H](O)C(=O)C(CO)[C@H](O)CCCCCCCCCCCCCCCN. The first-order chi connectivity index (χ1) is 18.1. The van der Waals surface area contributed by atoms with Crippen LogP contribution in [-0.4, -0.2) is 46.5 Å². The summed E-state index contributed by atoms with van der Waals surface area (Å²) in [6, 6.07) is 0. The van der Waals surface area contributed by atoms with Crippen molar-refractivity contribution in [3.8, 4) is 0 Å². The summed E-state index contributed by atoms with van der Waals surface area (Å²) in [5.41, 5.74) is 5.52. The minimum atomic E-state index is -1.06. The largest absolute Gasteiger partial charge is 0.396 e. The number of aliphatic hydroxyl groups excluding tert-OH is 3. The van der Waals surface area contributed by atoms with E-state index in [1.807, 2.05) is 0 Å². The van der Waals surface area contributed by atoms with E-state index in [2.05, 4.69) is 6.92 Å². The Morgan fingerprint density at radius 2 is 0.919 bits per heavy atom. The van der Waals surface area contributed by atoms with Crippen LogP contribution in [0.15, 0.2) is 0 Å². The highest BCUT2D eigenvalue weighted by Gasteiger charge is 2.30. The van der Waals surface area contributed by atoms with Gasteiger partial charge in [-0.05, 0) is 25.8 Å². The fourth-order valence-corrected chi connectivity index (χ4v) is 5.26. The molecule has 0 aliphatic carbocycles. The summed E-state index contributed by atoms with van der Waals surface area (Å²) < 4.78 is 0. The number of hydrogen-bond donors (Lipinski definition) is 4. The van der Waals surface area contributed by atoms with Gasteiger partial charge in [0.05, 0.1) is 18.6 Å². The average molecular weight is 528 g/mol. The Morgan fingerprint density at radius 1 is 0.568 bits per heavy atom. The highest BCUT2D eigenvalue weighted by molar-refractivity contribution is 5.85. The zero-order valence-corrected chi connectivity index (χ0v) is 24.7. The van der Waals surface area contributed by atoms with E-state index in [9.17, 15) is 20.1 Å². The molecule has 0 aromatic heterocycles. The van der Waals surface area contributed by atoms with Gasteiger partial charge in [-0.2, -0.15) is 0 Å². The van der Waals surface area contributed by atoms with Gasteiger partial charge in [-0.25, -0.2) is 0 Å². The number of ketones is 1. The molecule has 0 radical (unpaired) electrons. The standard InChI is InChI=1S/C32H65NO4/c1-2-3-4-5-6-7-13-17-20-23-26-31(36)32(37)29(28-34)30(35)25-22-19-16-14-11-9-8-10-12-15-18-21-24-27-33/h29-31,34-36H,2-28,33H2,1H3/t29?,30-,31+/m1/s1. The molecule has 37 heavy (non-hydrogen) atoms. The van der Waals surface area contributed by atoms with Crippen molar-refractivity contribution >= 4 is 5.78 Å². The Balaban J connectivity index is 3.71. The maximum absolute atomic E-state index is 12.6. The van der Waals surface area contributed by atoms with Crippen LogP contribution in [0.3, 0.4) is 0 Å². The van der Waals surface area contributed by atoms with E-state index in [-0.39, 0.29) is 12.4 Å². The molecule has 5 nitrogen and oxygen atoms in total. The predicted octanol–water partition coefficient (Wildman–Crippen LogP) is 7.62. The fourth-order valence-electron chi connectivity index (χ4n) is 5.26. The number of carbonyl (C=O) groups is 1. The molecular weight excluding hydrogens is 462 g/mol. The van der Waals surface area contributed by atoms with Crippen LogP contribution >= 0.6 is 0 Å². The van der Waals surface area contributed by atoms with Crippen LogP contribution in [0.5, 0.6) is 0 Å². The molecule has 0 rings (SSSR count). The van der Waals surface area contributed by atoms with Crippen LogP contribution in [0.25, 0.3) is 0 Å². The van der Waals surface area contributed by atoms with E-state index in [0.29, 0.717) is 12.8 Å². The van der Waals surface area contributed by atoms with Crippen LogP contribution in [-0.2, 0) is 4.79 Å². The molecular formula is C32H65NO4. The van der Waals surface area contributed by atoms with Crippen molar-refractivity contribution < 1.29 is 20.1 Å². The smallest absolute Gasteiger partial charge is 0.169 e. The van der Waals surface area contributed by atoms with Crippen LogP contribution in [0.4, 0.5) is 0 Å². The lowest BCUT2D eigenvalue weighted by atomic mass is 9.89. The van der Waals surface area contributed by atoms with Crippen LogP contribution in [0, 0.1) is 5.92 Å². The van der Waals surface area contributed by atoms with Gasteiger partial charge in [0.1, 0.15) is 6.10 Å². The van der Waals surface area contributed by atoms with E-state index in [4.69, 9.17) is 5.73 Å². The molecule has 0 aliphatic rings. The third-order valence-corrected chi connectivity index (χ3v) is 7.89. The molecule has 5 heteroatoms. The Bertz CT molecular complexity index is 474. The van der Waals surface area contributed by atoms with Crippen LogP contribution in [0.2, 0.25) is 0 Å². The summed E-state index contributed by atoms with van der Waals surface area (Å²) in [4.78, 5) is 12.6. The third kappa shape index (κ3) is 23.1. The Labute approximate surface area is 230 Å². The Kier molecular flexibility index (Phi) is 28.1. The zero-order valence-electron chi connectivity index (χ0n) is 24.7. The van der Waals surface area contributed by atoms with Gasteiger partial charge in [-0.1, -0.05) is 148 Å². The molecule has 0 heterocycles. The van der Waals surface area contributed by atoms with Gasteiger partial charge in [-0.15, -0.1) is 0 Å². The highest BCUT2D eigenvalue weighted by Crippen LogP contribution is 2.19. The first-order valence-electron chi connectivity index (χ1n) is 16.3. The number of hydrogen-bond acceptors (Lipinski definition) is 5. The average Bonchev–Trinajstić information content (AvgIpc) is 2.90. The maximum Gasteiger partial charge on any atom is 0.169 e. The summed E-state index contributed by atoms with van der Waals surface area (Å²) in [6.07, 6.45) is 27.2. The quantitative estimate of drug-likeness (QED) is 0.0719. The van der Waals surface area contributed by atoms with Crippen molar-refractivity contribution in [2.45, 2.75) is 180 Å². The van der Waals surface area contributed by atoms with Crippen molar-refractivity contribution in [2.24, 2.45) is 11.7 Å². The fraction of sp³-hybridized carbons (Fsp3) is 0.969. The van der Waals surface area contributed by atoms with E-state index >= 15 is 0 Å². The highest BCUT2D eigenvalue weighted by atomic mass is 16.3. The number of Topliss-reactive ketones (excluding diaryl/α,β-unsaturated/α-hetero) is 1. The monoisotopic (exact) mass is 527 g/mol. The first kappa shape index (κ1) is 36.5. The van der Waals surface area contributed by atoms with E-state index in [1.165, 1.54) is 103 Å². The molecule has 0 saturated carbocycles. The molecule has 0 aromatic carbocycles. The second-order valence-corrected chi connectivity index (χ2v) is 11.4. The molecule has 0 amide bonds. The summed E-state index contributed by atoms with van der Waals surface area (Å²) in [5.74, 6) is -1.24. The van der Waals surface area contributed by atoms with Gasteiger partial charge in [-0.3, -0.25) is 4.79 Å². The lowest BCUT2D eigenvalue weighted by Crippen LogP contribution is -2.38. The summed E-state index contributed by atoms with van der Waals surface area (Å²) in [6.45, 7) is 2.67. The van der Waals surface area contributed by atoms with Crippen molar-refractivity contribution in [3.63, 3.8) is 0 Å². The molecule has 0 aliphatic heterocycles. The Hall–Kier alpha value is -0.490. The number of aliphatic hydroxyl groups is 3. The summed E-state index contributed by atoms with van der Waals surface area (Å²) >= 11 is 0. The van der Waals surface area contributed by atoms with Crippen LogP contribution < -0.4 is 5.73 Å². The predicted molar refractivity (Wildman–Crippen MR) is 158 cm³/mol. The maximum atomic E-state index is 12.6. The number of rotatable bonds is 30. The van der Waals surface area contributed by atoms with Gasteiger partial charge in [0.2, 0.25) is 0 Å². The topological polar surface area (TPSA) is 104 Å². The number of unbranched alkanes of at least 4 members (excludes halogenated alkanes) is 21. The normalized spacial score (nSPS) is 14.1. The van der Waals surface area contributed by atoms with Gasteiger partial charge >= 0.3 is 0 Å². The molecule has 0 spiro atoms. The second-order valence-electron chi connectivity index (χ2n) is 11.4. The molecule has 5 N–H and O–H groups in total. The van der Waals surface area contributed by atoms with Gasteiger partial charge in [0.25, 0.3) is 0 Å². The molecule has 0 fully saturated rings. The van der Waals surface area contributed by atoms with Crippen LogP contribution in [0.1, 0.15) is 167 Å². The van der Waals surface area contributed by atoms with Gasteiger partial charge in [0.15, 0.2) is 5.78 Å². The lowest BCUT2D eigenvalue weighted by molar-refractivity contribution is -0.137. The van der Waals surface area contributed by atoms with Crippen molar-refractivity contribution in [2.75, 3.05) is 13.2 Å². The molecule has 3 atom stereocenters. The first-order valence-corrected chi connectivity index (χ1v) is 16.3. The summed E-state index contributed by atoms with van der Waals surface area (Å²) in [7, 11) is 0. The minimum Gasteiger partial charge on any atom is -0.396 e. The zero-order chi connectivity index (χ0) is 27.4. The van der Waals surface area contributed by atoms with E-state index < -0.39 is 18.1 Å². The van der Waals surface area contributed by atoms with Crippen molar-refractivity contribution in [3.05, 3.63) is 0 Å². The molecule has 222 valence electrons.